The zero-order valence-corrected chi connectivity index (χ0v) is 8.87. The highest BCUT2D eigenvalue weighted by Crippen LogP contribution is 2.13. The summed E-state index contributed by atoms with van der Waals surface area (Å²) in [5.41, 5.74) is 0.561. The highest BCUT2D eigenvalue weighted by atomic mass is 19.1. The van der Waals surface area contributed by atoms with Gasteiger partial charge in [0.25, 0.3) is 5.56 Å². The molecule has 0 saturated carbocycles. The molecule has 0 radical (unpaired) electrons. The number of benzene rings is 1. The minimum Gasteiger partial charge on any atom is -0.481 e. The number of aryl methyl sites for hydroxylation is 1. The number of rotatable bonds is 3. The van der Waals surface area contributed by atoms with Crippen molar-refractivity contribution in [1.29, 1.82) is 0 Å². The molecule has 0 saturated heterocycles. The monoisotopic (exact) mass is 235 g/mol. The SMILES string of the molecule is O=C(O)CCc1cc2cc(F)ccc2[nH]c1=O. The largest absolute Gasteiger partial charge is 0.481 e. The van der Waals surface area contributed by atoms with Crippen LogP contribution in [0.4, 0.5) is 4.39 Å². The molecule has 2 aromatic rings. The normalized spacial score (nSPS) is 10.6. The van der Waals surface area contributed by atoms with E-state index >= 15 is 0 Å². The van der Waals surface area contributed by atoms with Gasteiger partial charge in [0.2, 0.25) is 0 Å². The van der Waals surface area contributed by atoms with Gasteiger partial charge in [0, 0.05) is 22.9 Å². The van der Waals surface area contributed by atoms with E-state index < -0.39 is 11.8 Å². The van der Waals surface area contributed by atoms with Crippen molar-refractivity contribution in [2.75, 3.05) is 0 Å². The maximum atomic E-state index is 13.0. The van der Waals surface area contributed by atoms with Crippen LogP contribution in [0.25, 0.3) is 10.9 Å². The van der Waals surface area contributed by atoms with Crippen molar-refractivity contribution in [2.45, 2.75) is 12.8 Å². The molecule has 88 valence electrons. The standard InChI is InChI=1S/C12H10FNO3/c13-9-2-3-10-8(6-9)5-7(12(17)14-10)1-4-11(15)16/h2-3,5-6H,1,4H2,(H,14,17)(H,15,16). The fourth-order valence-corrected chi connectivity index (χ4v) is 1.65. The average molecular weight is 235 g/mol. The third kappa shape index (κ3) is 2.50. The second kappa shape index (κ2) is 4.37. The summed E-state index contributed by atoms with van der Waals surface area (Å²) in [5, 5.41) is 9.11. The number of halogens is 1. The fourth-order valence-electron chi connectivity index (χ4n) is 1.65. The van der Waals surface area contributed by atoms with Gasteiger partial charge in [-0.3, -0.25) is 9.59 Å². The summed E-state index contributed by atoms with van der Waals surface area (Å²) in [6.45, 7) is 0. The molecule has 0 fully saturated rings. The Labute approximate surface area is 95.7 Å². The Morgan fingerprint density at radius 3 is 2.82 bits per heavy atom. The van der Waals surface area contributed by atoms with Gasteiger partial charge in [0.15, 0.2) is 0 Å². The Hall–Kier alpha value is -2.17. The van der Waals surface area contributed by atoms with Crippen molar-refractivity contribution in [3.05, 3.63) is 46.0 Å². The topological polar surface area (TPSA) is 70.2 Å². The molecule has 0 aliphatic rings. The van der Waals surface area contributed by atoms with Gasteiger partial charge in [-0.2, -0.15) is 0 Å². The first kappa shape index (κ1) is 11.3. The van der Waals surface area contributed by atoms with Crippen LogP contribution in [0, 0.1) is 5.82 Å². The number of fused-ring (bicyclic) bond motifs is 1. The molecule has 0 spiro atoms. The van der Waals surface area contributed by atoms with Crippen LogP contribution in [0.3, 0.4) is 0 Å². The van der Waals surface area contributed by atoms with Crippen LogP contribution in [0.2, 0.25) is 0 Å². The molecule has 1 aromatic heterocycles. The number of hydrogen-bond acceptors (Lipinski definition) is 2. The van der Waals surface area contributed by atoms with Gasteiger partial charge < -0.3 is 10.1 Å². The zero-order valence-electron chi connectivity index (χ0n) is 8.87. The van der Waals surface area contributed by atoms with Crippen molar-refractivity contribution in [2.24, 2.45) is 0 Å². The molecule has 2 rings (SSSR count). The fraction of sp³-hybridized carbons (Fsp3) is 0.167. The van der Waals surface area contributed by atoms with Crippen LogP contribution >= 0.6 is 0 Å². The van der Waals surface area contributed by atoms with E-state index in [2.05, 4.69) is 4.98 Å². The third-order valence-electron chi connectivity index (χ3n) is 2.49. The lowest BCUT2D eigenvalue weighted by atomic mass is 10.1. The first-order valence-corrected chi connectivity index (χ1v) is 5.09. The summed E-state index contributed by atoms with van der Waals surface area (Å²) >= 11 is 0. The molecule has 0 amide bonds. The van der Waals surface area contributed by atoms with Gasteiger partial charge >= 0.3 is 5.97 Å². The minimum atomic E-state index is -0.969. The van der Waals surface area contributed by atoms with Crippen LogP contribution in [0.15, 0.2) is 29.1 Å². The van der Waals surface area contributed by atoms with Gasteiger partial charge in [-0.1, -0.05) is 0 Å². The average Bonchev–Trinajstić information content (AvgIpc) is 2.26. The number of aromatic amines is 1. The van der Waals surface area contributed by atoms with Gasteiger partial charge in [0.05, 0.1) is 0 Å². The number of pyridine rings is 1. The van der Waals surface area contributed by atoms with E-state index in [4.69, 9.17) is 5.11 Å². The summed E-state index contributed by atoms with van der Waals surface area (Å²) in [6.07, 6.45) is 0.0149. The van der Waals surface area contributed by atoms with Crippen molar-refractivity contribution in [3.8, 4) is 0 Å². The molecule has 0 bridgehead atoms. The second-order valence-electron chi connectivity index (χ2n) is 3.75. The van der Waals surface area contributed by atoms with Crippen molar-refractivity contribution in [1.82, 2.24) is 4.98 Å². The minimum absolute atomic E-state index is 0.121. The molecule has 0 aliphatic heterocycles. The predicted octanol–water partition coefficient (Wildman–Crippen LogP) is 1.68. The summed E-state index contributed by atoms with van der Waals surface area (Å²) in [7, 11) is 0. The van der Waals surface area contributed by atoms with Crippen LogP contribution in [-0.4, -0.2) is 16.1 Å². The molecular weight excluding hydrogens is 225 g/mol. The Bertz CT molecular complexity index is 633. The van der Waals surface area contributed by atoms with Crippen molar-refractivity contribution < 1.29 is 14.3 Å². The highest BCUT2D eigenvalue weighted by Gasteiger charge is 2.06. The molecule has 2 N–H and O–H groups in total. The molecule has 0 unspecified atom stereocenters. The van der Waals surface area contributed by atoms with Gasteiger partial charge in [-0.15, -0.1) is 0 Å². The van der Waals surface area contributed by atoms with E-state index in [0.717, 1.165) is 0 Å². The van der Waals surface area contributed by atoms with Crippen LogP contribution in [0.1, 0.15) is 12.0 Å². The number of carboxylic acid groups (broad SMARTS) is 1. The van der Waals surface area contributed by atoms with E-state index in [9.17, 15) is 14.0 Å². The maximum Gasteiger partial charge on any atom is 0.303 e. The number of aromatic nitrogens is 1. The zero-order chi connectivity index (χ0) is 12.4. The second-order valence-corrected chi connectivity index (χ2v) is 3.75. The number of nitrogens with one attached hydrogen (secondary N) is 1. The van der Waals surface area contributed by atoms with Gasteiger partial charge in [-0.05, 0) is 30.7 Å². The number of H-pyrrole nitrogens is 1. The van der Waals surface area contributed by atoms with Gasteiger partial charge in [-0.25, -0.2) is 4.39 Å². The summed E-state index contributed by atoms with van der Waals surface area (Å²) in [6, 6.07) is 5.57. The summed E-state index contributed by atoms with van der Waals surface area (Å²) in [5.74, 6) is -1.36. The Morgan fingerprint density at radius 2 is 2.12 bits per heavy atom. The molecule has 17 heavy (non-hydrogen) atoms. The highest BCUT2D eigenvalue weighted by molar-refractivity contribution is 5.79. The van der Waals surface area contributed by atoms with E-state index in [-0.39, 0.29) is 18.4 Å². The smallest absolute Gasteiger partial charge is 0.303 e. The lowest BCUT2D eigenvalue weighted by Crippen LogP contribution is -2.13. The van der Waals surface area contributed by atoms with E-state index in [0.29, 0.717) is 16.5 Å². The number of hydrogen-bond donors (Lipinski definition) is 2. The Kier molecular flexibility index (Phi) is 2.91. The molecule has 0 aliphatic carbocycles. The molecule has 4 nitrogen and oxygen atoms in total. The first-order chi connectivity index (χ1) is 8.06. The van der Waals surface area contributed by atoms with Gasteiger partial charge in [0.1, 0.15) is 5.82 Å². The lowest BCUT2D eigenvalue weighted by Gasteiger charge is -2.02. The predicted molar refractivity (Wildman–Crippen MR) is 60.5 cm³/mol. The third-order valence-corrected chi connectivity index (χ3v) is 2.49. The Morgan fingerprint density at radius 1 is 1.35 bits per heavy atom. The van der Waals surface area contributed by atoms with Crippen LogP contribution in [-0.2, 0) is 11.2 Å². The summed E-state index contributed by atoms with van der Waals surface area (Å²) < 4.78 is 13.0. The van der Waals surface area contributed by atoms with Crippen molar-refractivity contribution >= 4 is 16.9 Å². The molecular formula is C12H10FNO3. The summed E-state index contributed by atoms with van der Waals surface area (Å²) in [4.78, 5) is 24.6. The van der Waals surface area contributed by atoms with Crippen LogP contribution in [0.5, 0.6) is 0 Å². The Balaban J connectivity index is 2.46. The van der Waals surface area contributed by atoms with E-state index in [1.54, 1.807) is 0 Å². The number of carboxylic acids is 1. The molecule has 0 atom stereocenters. The molecule has 1 aromatic carbocycles. The number of aliphatic carboxylic acids is 1. The lowest BCUT2D eigenvalue weighted by molar-refractivity contribution is -0.136. The molecule has 5 heteroatoms. The quantitative estimate of drug-likeness (QED) is 0.850. The van der Waals surface area contributed by atoms with Crippen LogP contribution < -0.4 is 5.56 Å². The molecule has 1 heterocycles. The maximum absolute atomic E-state index is 13.0. The van der Waals surface area contributed by atoms with Crippen molar-refractivity contribution in [3.63, 3.8) is 0 Å². The van der Waals surface area contributed by atoms with E-state index in [1.807, 2.05) is 0 Å². The number of carbonyl (C=O) groups is 1. The first-order valence-electron chi connectivity index (χ1n) is 5.09. The van der Waals surface area contributed by atoms with E-state index in [1.165, 1.54) is 24.3 Å².